The molecule has 2 N–H and O–H groups in total. The van der Waals surface area contributed by atoms with Crippen molar-refractivity contribution in [2.45, 2.75) is 57.9 Å². The van der Waals surface area contributed by atoms with E-state index in [-0.39, 0.29) is 5.54 Å². The molecule has 15 heavy (non-hydrogen) atoms. The Labute approximate surface area is 95.9 Å². The summed E-state index contributed by atoms with van der Waals surface area (Å²) in [4.78, 5) is 6.24. The van der Waals surface area contributed by atoms with Crippen LogP contribution in [0.25, 0.3) is 0 Å². The van der Waals surface area contributed by atoms with Crippen LogP contribution in [-0.2, 0) is 18.4 Å². The predicted octanol–water partition coefficient (Wildman–Crippen LogP) is 3.00. The van der Waals surface area contributed by atoms with Crippen molar-refractivity contribution in [1.29, 1.82) is 0 Å². The Balaban J connectivity index is 2.27. The number of aryl methyl sites for hydroxylation is 2. The van der Waals surface area contributed by atoms with Crippen LogP contribution < -0.4 is 5.73 Å². The summed E-state index contributed by atoms with van der Waals surface area (Å²) in [6, 6.07) is 0. The molecule has 2 nitrogen and oxygen atoms in total. The standard InChI is InChI=1S/C12H20N2S/c1-3-8-12(13,4-2)11-14-9-6-5-7-10(9)15-11/h3-8,13H2,1-2H3. The third-order valence-electron chi connectivity index (χ3n) is 3.35. The van der Waals surface area contributed by atoms with Gasteiger partial charge in [0.25, 0.3) is 0 Å². The van der Waals surface area contributed by atoms with Crippen molar-refractivity contribution in [2.24, 2.45) is 5.73 Å². The van der Waals surface area contributed by atoms with Gasteiger partial charge in [0.15, 0.2) is 0 Å². The molecule has 0 spiro atoms. The molecule has 1 aromatic rings. The number of nitrogens with two attached hydrogens (primary N) is 1. The monoisotopic (exact) mass is 224 g/mol. The third kappa shape index (κ3) is 1.95. The second-order valence-corrected chi connectivity index (χ2v) is 5.59. The van der Waals surface area contributed by atoms with Crippen molar-refractivity contribution < 1.29 is 0 Å². The van der Waals surface area contributed by atoms with Crippen molar-refractivity contribution in [2.75, 3.05) is 0 Å². The van der Waals surface area contributed by atoms with Gasteiger partial charge in [0.2, 0.25) is 0 Å². The van der Waals surface area contributed by atoms with Gasteiger partial charge >= 0.3 is 0 Å². The summed E-state index contributed by atoms with van der Waals surface area (Å²) >= 11 is 1.86. The van der Waals surface area contributed by atoms with Gasteiger partial charge < -0.3 is 5.73 Å². The fourth-order valence-corrected chi connectivity index (χ4v) is 3.64. The SMILES string of the molecule is CCCC(N)(CC)c1nc2c(s1)CCC2. The molecule has 1 aliphatic rings. The molecular weight excluding hydrogens is 204 g/mol. The first-order valence-corrected chi connectivity index (χ1v) is 6.79. The largest absolute Gasteiger partial charge is 0.319 e. The molecule has 0 aromatic carbocycles. The molecule has 1 heterocycles. The normalized spacial score (nSPS) is 18.9. The average molecular weight is 224 g/mol. The van der Waals surface area contributed by atoms with Crippen LogP contribution in [0.4, 0.5) is 0 Å². The maximum absolute atomic E-state index is 6.44. The van der Waals surface area contributed by atoms with E-state index in [0.29, 0.717) is 0 Å². The van der Waals surface area contributed by atoms with Crippen LogP contribution in [0.1, 0.15) is 55.1 Å². The lowest BCUT2D eigenvalue weighted by molar-refractivity contribution is 0.387. The highest BCUT2D eigenvalue weighted by atomic mass is 32.1. The molecule has 0 aliphatic heterocycles. The first kappa shape index (κ1) is 11.1. The van der Waals surface area contributed by atoms with Crippen LogP contribution in [0.3, 0.4) is 0 Å². The molecule has 84 valence electrons. The fraction of sp³-hybridized carbons (Fsp3) is 0.750. The Morgan fingerprint density at radius 1 is 1.40 bits per heavy atom. The summed E-state index contributed by atoms with van der Waals surface area (Å²) in [6.07, 6.45) is 6.85. The molecule has 2 rings (SSSR count). The lowest BCUT2D eigenvalue weighted by Gasteiger charge is -2.25. The number of fused-ring (bicyclic) bond motifs is 1. The Hall–Kier alpha value is -0.410. The highest BCUT2D eigenvalue weighted by Gasteiger charge is 2.30. The minimum Gasteiger partial charge on any atom is -0.319 e. The molecule has 1 aliphatic carbocycles. The number of thiazole rings is 1. The quantitative estimate of drug-likeness (QED) is 0.854. The fourth-order valence-electron chi connectivity index (χ4n) is 2.28. The number of rotatable bonds is 4. The minimum atomic E-state index is -0.163. The van der Waals surface area contributed by atoms with Gasteiger partial charge in [0, 0.05) is 4.88 Å². The van der Waals surface area contributed by atoms with Crippen LogP contribution >= 0.6 is 11.3 Å². The number of hydrogen-bond donors (Lipinski definition) is 1. The summed E-state index contributed by atoms with van der Waals surface area (Å²) in [5.74, 6) is 0. The van der Waals surface area contributed by atoms with E-state index in [4.69, 9.17) is 10.7 Å². The molecular formula is C12H20N2S. The summed E-state index contributed by atoms with van der Waals surface area (Å²) in [5.41, 5.74) is 7.60. The summed E-state index contributed by atoms with van der Waals surface area (Å²) in [7, 11) is 0. The van der Waals surface area contributed by atoms with Gasteiger partial charge in [-0.15, -0.1) is 11.3 Å². The van der Waals surface area contributed by atoms with E-state index >= 15 is 0 Å². The molecule has 0 fully saturated rings. The lowest BCUT2D eigenvalue weighted by atomic mass is 9.93. The Morgan fingerprint density at radius 3 is 2.80 bits per heavy atom. The van der Waals surface area contributed by atoms with Crippen LogP contribution in [0, 0.1) is 0 Å². The van der Waals surface area contributed by atoms with Crippen LogP contribution in [0.15, 0.2) is 0 Å². The van der Waals surface area contributed by atoms with Crippen molar-refractivity contribution in [3.05, 3.63) is 15.6 Å². The summed E-state index contributed by atoms with van der Waals surface area (Å²) in [6.45, 7) is 4.36. The van der Waals surface area contributed by atoms with E-state index in [0.717, 1.165) is 25.7 Å². The molecule has 0 saturated heterocycles. The molecule has 0 bridgehead atoms. The second-order valence-electron chi connectivity index (χ2n) is 4.50. The Morgan fingerprint density at radius 2 is 2.20 bits per heavy atom. The molecule has 0 saturated carbocycles. The zero-order chi connectivity index (χ0) is 10.9. The topological polar surface area (TPSA) is 38.9 Å². The number of nitrogens with zero attached hydrogens (tertiary/aromatic N) is 1. The lowest BCUT2D eigenvalue weighted by Crippen LogP contribution is -2.35. The van der Waals surface area contributed by atoms with Crippen molar-refractivity contribution in [3.8, 4) is 0 Å². The average Bonchev–Trinajstić information content (AvgIpc) is 2.77. The van der Waals surface area contributed by atoms with Gasteiger partial charge in [0.05, 0.1) is 11.2 Å². The Bertz CT molecular complexity index is 324. The highest BCUT2D eigenvalue weighted by molar-refractivity contribution is 7.12. The maximum Gasteiger partial charge on any atom is 0.113 e. The Kier molecular flexibility index (Phi) is 3.12. The van der Waals surface area contributed by atoms with Gasteiger partial charge in [-0.3, -0.25) is 0 Å². The molecule has 1 aromatic heterocycles. The first-order valence-electron chi connectivity index (χ1n) is 5.97. The van der Waals surface area contributed by atoms with E-state index in [9.17, 15) is 0 Å². The molecule has 1 unspecified atom stereocenters. The second kappa shape index (κ2) is 4.22. The number of aromatic nitrogens is 1. The molecule has 0 radical (unpaired) electrons. The molecule has 3 heteroatoms. The van der Waals surface area contributed by atoms with Gasteiger partial charge in [-0.25, -0.2) is 4.98 Å². The minimum absolute atomic E-state index is 0.163. The van der Waals surface area contributed by atoms with Gasteiger partial charge in [0.1, 0.15) is 5.01 Å². The maximum atomic E-state index is 6.44. The van der Waals surface area contributed by atoms with Crippen LogP contribution in [0.5, 0.6) is 0 Å². The zero-order valence-corrected chi connectivity index (χ0v) is 10.5. The van der Waals surface area contributed by atoms with Crippen molar-refractivity contribution in [1.82, 2.24) is 4.98 Å². The van der Waals surface area contributed by atoms with Crippen LogP contribution in [-0.4, -0.2) is 4.98 Å². The van der Waals surface area contributed by atoms with Crippen molar-refractivity contribution >= 4 is 11.3 Å². The van der Waals surface area contributed by atoms with Crippen molar-refractivity contribution in [3.63, 3.8) is 0 Å². The zero-order valence-electron chi connectivity index (χ0n) is 9.68. The van der Waals surface area contributed by atoms with E-state index < -0.39 is 0 Å². The van der Waals surface area contributed by atoms with E-state index in [2.05, 4.69) is 13.8 Å². The van der Waals surface area contributed by atoms with Gasteiger partial charge in [-0.2, -0.15) is 0 Å². The molecule has 1 atom stereocenters. The molecule has 0 amide bonds. The smallest absolute Gasteiger partial charge is 0.113 e. The van der Waals surface area contributed by atoms with Gasteiger partial charge in [-0.05, 0) is 32.1 Å². The third-order valence-corrected chi connectivity index (χ3v) is 4.73. The summed E-state index contributed by atoms with van der Waals surface area (Å²) < 4.78 is 0. The first-order chi connectivity index (χ1) is 7.19. The predicted molar refractivity (Wildman–Crippen MR) is 65.2 cm³/mol. The van der Waals surface area contributed by atoms with E-state index in [1.54, 1.807) is 0 Å². The van der Waals surface area contributed by atoms with Crippen LogP contribution in [0.2, 0.25) is 0 Å². The van der Waals surface area contributed by atoms with E-state index in [1.165, 1.54) is 28.4 Å². The van der Waals surface area contributed by atoms with Gasteiger partial charge in [-0.1, -0.05) is 20.3 Å². The number of hydrogen-bond acceptors (Lipinski definition) is 3. The highest BCUT2D eigenvalue weighted by Crippen LogP contribution is 2.35. The van der Waals surface area contributed by atoms with E-state index in [1.807, 2.05) is 11.3 Å². The summed E-state index contributed by atoms with van der Waals surface area (Å²) in [5, 5.41) is 1.18.